The molecule has 58 heavy (non-hydrogen) atoms. The lowest BCUT2D eigenvalue weighted by atomic mass is 9.81. The summed E-state index contributed by atoms with van der Waals surface area (Å²) in [7, 11) is 0. The van der Waals surface area contributed by atoms with Gasteiger partial charge in [-0.15, -0.1) is 0 Å². The number of benzene rings is 8. The van der Waals surface area contributed by atoms with Crippen molar-refractivity contribution in [2.45, 2.75) is 19.3 Å². The van der Waals surface area contributed by atoms with Gasteiger partial charge in [0.05, 0.1) is 11.4 Å². The third-order valence-corrected chi connectivity index (χ3v) is 11.9. The van der Waals surface area contributed by atoms with Crippen LogP contribution in [0.25, 0.3) is 100 Å². The number of furan rings is 1. The molecule has 0 spiro atoms. The van der Waals surface area contributed by atoms with Crippen LogP contribution in [0.1, 0.15) is 25.0 Å². The second kappa shape index (κ2) is 13.4. The lowest BCUT2D eigenvalue weighted by Crippen LogP contribution is -2.14. The average molecular weight is 743 g/mol. The Morgan fingerprint density at radius 1 is 0.345 bits per heavy atom. The van der Waals surface area contributed by atoms with E-state index in [2.05, 4.69) is 190 Å². The summed E-state index contributed by atoms with van der Waals surface area (Å²) in [6.45, 7) is 4.66. The molecule has 0 N–H and O–H groups in total. The Hall–Kier alpha value is -7.36. The topological polar surface area (TPSA) is 38.9 Å². The molecule has 2 heterocycles. The van der Waals surface area contributed by atoms with Gasteiger partial charge >= 0.3 is 0 Å². The lowest BCUT2D eigenvalue weighted by Gasteiger charge is -2.22. The maximum Gasteiger partial charge on any atom is 0.160 e. The summed E-state index contributed by atoms with van der Waals surface area (Å²) in [5.74, 6) is 0.684. The van der Waals surface area contributed by atoms with Crippen molar-refractivity contribution < 1.29 is 4.42 Å². The van der Waals surface area contributed by atoms with Gasteiger partial charge in [0.25, 0.3) is 0 Å². The van der Waals surface area contributed by atoms with Gasteiger partial charge in [-0.1, -0.05) is 159 Å². The van der Waals surface area contributed by atoms with Crippen LogP contribution in [0.4, 0.5) is 0 Å². The third-order valence-electron chi connectivity index (χ3n) is 11.9. The molecule has 1 aliphatic rings. The predicted octanol–water partition coefficient (Wildman–Crippen LogP) is 14.7. The van der Waals surface area contributed by atoms with E-state index in [4.69, 9.17) is 14.4 Å². The number of aromatic nitrogens is 2. The molecule has 3 heteroatoms. The first-order valence-electron chi connectivity index (χ1n) is 19.9. The van der Waals surface area contributed by atoms with Gasteiger partial charge in [0.2, 0.25) is 0 Å². The molecule has 0 bridgehead atoms. The number of hydrogen-bond donors (Lipinski definition) is 0. The minimum absolute atomic E-state index is 0.0537. The molecular formula is C55H38N2O. The predicted molar refractivity (Wildman–Crippen MR) is 239 cm³/mol. The van der Waals surface area contributed by atoms with E-state index < -0.39 is 0 Å². The fourth-order valence-electron chi connectivity index (χ4n) is 8.82. The van der Waals surface area contributed by atoms with E-state index in [1.807, 2.05) is 18.2 Å². The molecule has 2 aromatic heterocycles. The van der Waals surface area contributed by atoms with E-state index in [-0.39, 0.29) is 5.41 Å². The fraction of sp³-hybridized carbons (Fsp3) is 0.0545. The summed E-state index contributed by atoms with van der Waals surface area (Å²) in [5, 5.41) is 2.24. The molecule has 8 aromatic carbocycles. The van der Waals surface area contributed by atoms with Crippen LogP contribution in [-0.2, 0) is 5.41 Å². The Bertz CT molecular complexity index is 3180. The summed E-state index contributed by atoms with van der Waals surface area (Å²) in [6.07, 6.45) is 0. The molecule has 0 atom stereocenters. The van der Waals surface area contributed by atoms with Crippen LogP contribution in [0.5, 0.6) is 0 Å². The van der Waals surface area contributed by atoms with Gasteiger partial charge in [-0.2, -0.15) is 0 Å². The highest BCUT2D eigenvalue weighted by molar-refractivity contribution is 6.06. The second-order valence-corrected chi connectivity index (χ2v) is 15.8. The van der Waals surface area contributed by atoms with Crippen LogP contribution < -0.4 is 0 Å². The van der Waals surface area contributed by atoms with Crippen molar-refractivity contribution >= 4 is 21.9 Å². The smallest absolute Gasteiger partial charge is 0.160 e. The van der Waals surface area contributed by atoms with Crippen molar-refractivity contribution in [3.63, 3.8) is 0 Å². The Morgan fingerprint density at radius 2 is 0.879 bits per heavy atom. The number of para-hydroxylation sites is 1. The minimum atomic E-state index is -0.0537. The first-order chi connectivity index (χ1) is 28.5. The van der Waals surface area contributed by atoms with Crippen molar-refractivity contribution in [3.05, 3.63) is 205 Å². The van der Waals surface area contributed by atoms with E-state index in [0.717, 1.165) is 72.3 Å². The first kappa shape index (κ1) is 33.9. The molecular weight excluding hydrogens is 705 g/mol. The Balaban J connectivity index is 1.02. The monoisotopic (exact) mass is 742 g/mol. The van der Waals surface area contributed by atoms with Crippen molar-refractivity contribution in [2.75, 3.05) is 0 Å². The maximum atomic E-state index is 6.33. The Morgan fingerprint density at radius 3 is 1.67 bits per heavy atom. The minimum Gasteiger partial charge on any atom is -0.456 e. The van der Waals surface area contributed by atoms with Crippen molar-refractivity contribution in [1.82, 2.24) is 9.97 Å². The lowest BCUT2D eigenvalue weighted by molar-refractivity contribution is 0.660. The first-order valence-corrected chi connectivity index (χ1v) is 19.9. The zero-order valence-electron chi connectivity index (χ0n) is 32.3. The number of hydrogen-bond acceptors (Lipinski definition) is 3. The van der Waals surface area contributed by atoms with Gasteiger partial charge in [-0.3, -0.25) is 0 Å². The van der Waals surface area contributed by atoms with Gasteiger partial charge in [0.1, 0.15) is 11.2 Å². The van der Waals surface area contributed by atoms with Gasteiger partial charge < -0.3 is 4.42 Å². The van der Waals surface area contributed by atoms with Gasteiger partial charge in [0.15, 0.2) is 5.82 Å². The quantitative estimate of drug-likeness (QED) is 0.170. The zero-order valence-corrected chi connectivity index (χ0v) is 32.3. The van der Waals surface area contributed by atoms with Crippen molar-refractivity contribution in [3.8, 4) is 78.4 Å². The summed E-state index contributed by atoms with van der Waals surface area (Å²) >= 11 is 0. The highest BCUT2D eigenvalue weighted by atomic mass is 16.3. The molecule has 0 amide bonds. The van der Waals surface area contributed by atoms with Crippen LogP contribution >= 0.6 is 0 Å². The molecule has 11 rings (SSSR count). The summed E-state index contributed by atoms with van der Waals surface area (Å²) in [4.78, 5) is 10.5. The molecule has 0 radical (unpaired) electrons. The second-order valence-electron chi connectivity index (χ2n) is 15.8. The van der Waals surface area contributed by atoms with E-state index in [9.17, 15) is 0 Å². The SMILES string of the molecule is CC1(C)c2ccccc2-c2ccc(-c3ccc(-c4nc(-c5ccccc5)cc(-c5cc(-c6ccccc6)cc(-c6ccc7c(c6)oc6ccccc67)c5)n4)cc3)cc21. The van der Waals surface area contributed by atoms with Crippen molar-refractivity contribution in [2.24, 2.45) is 0 Å². The summed E-state index contributed by atoms with van der Waals surface area (Å²) in [5.41, 5.74) is 18.7. The van der Waals surface area contributed by atoms with E-state index in [1.165, 1.54) is 33.4 Å². The summed E-state index contributed by atoms with van der Waals surface area (Å²) < 4.78 is 6.33. The van der Waals surface area contributed by atoms with Gasteiger partial charge in [-0.05, 0) is 104 Å². The molecule has 1 aliphatic carbocycles. The maximum absolute atomic E-state index is 6.33. The molecule has 274 valence electrons. The standard InChI is InChI=1S/C55H38N2O/c1-55(2)48-19-11-9-17-44(48)45-27-25-39(32-49(45)55)36-21-23-38(24-22-36)54-56-50(37-15-7-4-8-16-37)34-51(57-54)43-30-41(35-13-5-3-6-14-35)29-42(31-43)40-26-28-47-46-18-10-12-20-52(46)58-53(47)33-40/h3-34H,1-2H3. The van der Waals surface area contributed by atoms with E-state index >= 15 is 0 Å². The van der Waals surface area contributed by atoms with Crippen LogP contribution in [0.15, 0.2) is 199 Å². The van der Waals surface area contributed by atoms with Gasteiger partial charge in [0, 0.05) is 32.9 Å². The molecule has 0 fully saturated rings. The molecule has 0 unspecified atom stereocenters. The largest absolute Gasteiger partial charge is 0.456 e. The van der Waals surface area contributed by atoms with Gasteiger partial charge in [-0.25, -0.2) is 9.97 Å². The van der Waals surface area contributed by atoms with Crippen LogP contribution in [0.2, 0.25) is 0 Å². The molecule has 0 saturated carbocycles. The molecule has 3 nitrogen and oxygen atoms in total. The molecule has 10 aromatic rings. The number of fused-ring (bicyclic) bond motifs is 6. The zero-order chi connectivity index (χ0) is 38.8. The van der Waals surface area contributed by atoms with E-state index in [1.54, 1.807) is 0 Å². The third kappa shape index (κ3) is 5.74. The molecule has 0 aliphatic heterocycles. The van der Waals surface area contributed by atoms with Crippen LogP contribution in [0, 0.1) is 0 Å². The highest BCUT2D eigenvalue weighted by Gasteiger charge is 2.35. The van der Waals surface area contributed by atoms with Crippen molar-refractivity contribution in [1.29, 1.82) is 0 Å². The van der Waals surface area contributed by atoms with E-state index in [0.29, 0.717) is 5.82 Å². The van der Waals surface area contributed by atoms with Crippen LogP contribution in [0.3, 0.4) is 0 Å². The normalized spacial score (nSPS) is 12.8. The number of rotatable bonds is 6. The Kier molecular flexibility index (Phi) is 7.84. The fourth-order valence-corrected chi connectivity index (χ4v) is 8.82. The number of nitrogens with zero attached hydrogens (tertiary/aromatic N) is 2. The Labute approximate surface area is 338 Å². The molecule has 0 saturated heterocycles. The van der Waals surface area contributed by atoms with Crippen LogP contribution in [-0.4, -0.2) is 9.97 Å². The highest BCUT2D eigenvalue weighted by Crippen LogP contribution is 2.49. The average Bonchev–Trinajstić information content (AvgIpc) is 3.77. The summed E-state index contributed by atoms with van der Waals surface area (Å²) in [6, 6.07) is 69.0.